The maximum absolute atomic E-state index is 10.7. The van der Waals surface area contributed by atoms with Gasteiger partial charge in [-0.15, -0.1) is 0 Å². The average Bonchev–Trinajstić information content (AvgIpc) is 3.12. The Balaban J connectivity index is 1.87. The van der Waals surface area contributed by atoms with Crippen LogP contribution in [0.1, 0.15) is 31.7 Å². The van der Waals surface area contributed by atoms with Gasteiger partial charge < -0.3 is 30.2 Å². The summed E-state index contributed by atoms with van der Waals surface area (Å²) >= 11 is 0. The summed E-state index contributed by atoms with van der Waals surface area (Å²) in [5.41, 5.74) is 8.42. The van der Waals surface area contributed by atoms with Crippen LogP contribution in [0.3, 0.4) is 0 Å². The van der Waals surface area contributed by atoms with Crippen LogP contribution in [0.15, 0.2) is 30.5 Å². The molecule has 30 heavy (non-hydrogen) atoms. The van der Waals surface area contributed by atoms with Crippen molar-refractivity contribution < 1.29 is 19.4 Å². The number of carboxylic acids is 1. The van der Waals surface area contributed by atoms with Crippen molar-refractivity contribution in [2.75, 3.05) is 31.3 Å². The topological polar surface area (TPSA) is 125 Å². The molecule has 0 saturated heterocycles. The number of carbonyl (C=O) groups is 1. The van der Waals surface area contributed by atoms with Crippen LogP contribution in [0.4, 0.5) is 11.8 Å². The Morgan fingerprint density at radius 1 is 1.27 bits per heavy atom. The number of anilines is 2. The Bertz CT molecular complexity index is 1020. The van der Waals surface area contributed by atoms with E-state index in [9.17, 15) is 4.79 Å². The molecule has 0 radical (unpaired) electrons. The van der Waals surface area contributed by atoms with E-state index in [0.717, 1.165) is 42.4 Å². The van der Waals surface area contributed by atoms with Gasteiger partial charge in [-0.25, -0.2) is 9.78 Å². The van der Waals surface area contributed by atoms with Crippen LogP contribution in [-0.2, 0) is 11.3 Å². The minimum Gasteiger partial charge on any atom is -0.496 e. The second kappa shape index (κ2) is 9.82. The fourth-order valence-electron chi connectivity index (χ4n) is 3.24. The summed E-state index contributed by atoms with van der Waals surface area (Å²) < 4.78 is 12.8. The van der Waals surface area contributed by atoms with E-state index >= 15 is 0 Å². The number of fused-ring (bicyclic) bond motifs is 1. The summed E-state index contributed by atoms with van der Waals surface area (Å²) in [4.78, 5) is 19.4. The zero-order valence-electron chi connectivity index (χ0n) is 17.2. The highest BCUT2D eigenvalue weighted by molar-refractivity contribution is 5.87. The molecule has 0 fully saturated rings. The van der Waals surface area contributed by atoms with Crippen molar-refractivity contribution in [1.82, 2.24) is 14.5 Å². The highest BCUT2D eigenvalue weighted by atomic mass is 16.5. The molecule has 0 bridgehead atoms. The lowest BCUT2D eigenvalue weighted by Crippen LogP contribution is -2.10. The number of benzene rings is 1. The third-order valence-corrected chi connectivity index (χ3v) is 4.66. The molecule has 0 amide bonds. The zero-order valence-corrected chi connectivity index (χ0v) is 17.2. The van der Waals surface area contributed by atoms with E-state index in [4.69, 9.17) is 20.3 Å². The predicted octanol–water partition coefficient (Wildman–Crippen LogP) is 3.14. The molecule has 0 saturated carbocycles. The van der Waals surface area contributed by atoms with Gasteiger partial charge in [-0.3, -0.25) is 0 Å². The normalized spacial score (nSPS) is 10.9. The van der Waals surface area contributed by atoms with Crippen molar-refractivity contribution >= 4 is 28.8 Å². The molecule has 3 rings (SSSR count). The van der Waals surface area contributed by atoms with Gasteiger partial charge in [0.25, 0.3) is 0 Å². The predicted molar refractivity (Wildman–Crippen MR) is 115 cm³/mol. The largest absolute Gasteiger partial charge is 0.496 e. The summed E-state index contributed by atoms with van der Waals surface area (Å²) in [7, 11) is 1.57. The molecule has 160 valence electrons. The standard InChI is InChI=1S/C21H27N5O4/c1-3-4-5-9-23-20-19-16(24-21(22)25-20)8-10-26(19)12-14-6-7-15(11-17(14)29-2)30-13-18(27)28/h6-8,10-11H,3-5,9,12-13H2,1-2H3,(H,27,28)(H3,22,23,24,25). The molecule has 9 heteroatoms. The van der Waals surface area contributed by atoms with Gasteiger partial charge in [-0.05, 0) is 24.6 Å². The molecule has 1 aromatic carbocycles. The number of nitrogens with zero attached hydrogens (tertiary/aromatic N) is 3. The second-order valence-electron chi connectivity index (χ2n) is 6.90. The lowest BCUT2D eigenvalue weighted by atomic mass is 10.2. The van der Waals surface area contributed by atoms with Gasteiger partial charge in [0.15, 0.2) is 12.4 Å². The molecule has 0 atom stereocenters. The summed E-state index contributed by atoms with van der Waals surface area (Å²) in [5, 5.41) is 12.2. The smallest absolute Gasteiger partial charge is 0.341 e. The van der Waals surface area contributed by atoms with Crippen LogP contribution >= 0.6 is 0 Å². The van der Waals surface area contributed by atoms with Crippen molar-refractivity contribution in [2.24, 2.45) is 0 Å². The maximum Gasteiger partial charge on any atom is 0.341 e. The number of nitrogens with two attached hydrogens (primary N) is 1. The molecule has 0 aliphatic heterocycles. The van der Waals surface area contributed by atoms with Gasteiger partial charge in [0, 0.05) is 24.4 Å². The van der Waals surface area contributed by atoms with Crippen LogP contribution in [0.5, 0.6) is 11.5 Å². The van der Waals surface area contributed by atoms with E-state index < -0.39 is 12.6 Å². The Morgan fingerprint density at radius 2 is 2.10 bits per heavy atom. The minimum absolute atomic E-state index is 0.232. The Labute approximate surface area is 174 Å². The van der Waals surface area contributed by atoms with Crippen LogP contribution in [-0.4, -0.2) is 45.9 Å². The second-order valence-corrected chi connectivity index (χ2v) is 6.90. The summed E-state index contributed by atoms with van der Waals surface area (Å²) in [6.45, 7) is 3.08. The average molecular weight is 413 g/mol. The maximum atomic E-state index is 10.7. The third-order valence-electron chi connectivity index (χ3n) is 4.66. The highest BCUT2D eigenvalue weighted by Crippen LogP contribution is 2.29. The number of aromatic nitrogens is 3. The molecule has 9 nitrogen and oxygen atoms in total. The monoisotopic (exact) mass is 413 g/mol. The van der Waals surface area contributed by atoms with Crippen molar-refractivity contribution in [2.45, 2.75) is 32.7 Å². The molecule has 2 heterocycles. The van der Waals surface area contributed by atoms with Gasteiger partial charge in [0.1, 0.15) is 17.0 Å². The fraction of sp³-hybridized carbons (Fsp3) is 0.381. The lowest BCUT2D eigenvalue weighted by molar-refractivity contribution is -0.139. The van der Waals surface area contributed by atoms with Crippen LogP contribution < -0.4 is 20.5 Å². The van der Waals surface area contributed by atoms with Crippen LogP contribution in [0.2, 0.25) is 0 Å². The number of methoxy groups -OCH3 is 1. The van der Waals surface area contributed by atoms with Gasteiger partial charge in [-0.2, -0.15) is 4.98 Å². The first-order chi connectivity index (χ1) is 14.5. The SMILES string of the molecule is CCCCCNc1nc(N)nc2ccn(Cc3ccc(OCC(=O)O)cc3OC)c12. The Morgan fingerprint density at radius 3 is 2.83 bits per heavy atom. The van der Waals surface area contributed by atoms with E-state index in [0.29, 0.717) is 23.9 Å². The Kier molecular flexibility index (Phi) is 6.95. The van der Waals surface area contributed by atoms with E-state index in [2.05, 4.69) is 22.2 Å². The first-order valence-electron chi connectivity index (χ1n) is 9.89. The van der Waals surface area contributed by atoms with Gasteiger partial charge in [-0.1, -0.05) is 19.8 Å². The molecule has 0 aliphatic rings. The van der Waals surface area contributed by atoms with Crippen LogP contribution in [0.25, 0.3) is 11.0 Å². The number of rotatable bonds is 11. The molecule has 0 unspecified atom stereocenters. The molecule has 4 N–H and O–H groups in total. The number of hydrogen-bond donors (Lipinski definition) is 3. The minimum atomic E-state index is -1.03. The number of nitrogen functional groups attached to an aromatic ring is 1. The number of carboxylic acid groups (broad SMARTS) is 1. The molecule has 2 aromatic heterocycles. The van der Waals surface area contributed by atoms with Gasteiger partial charge in [0.05, 0.1) is 19.2 Å². The van der Waals surface area contributed by atoms with Crippen molar-refractivity contribution in [3.63, 3.8) is 0 Å². The number of nitrogens with one attached hydrogen (secondary N) is 1. The highest BCUT2D eigenvalue weighted by Gasteiger charge is 2.14. The van der Waals surface area contributed by atoms with Crippen molar-refractivity contribution in [3.05, 3.63) is 36.0 Å². The fourth-order valence-corrected chi connectivity index (χ4v) is 3.24. The van der Waals surface area contributed by atoms with E-state index in [-0.39, 0.29) is 5.95 Å². The van der Waals surface area contributed by atoms with E-state index in [1.165, 1.54) is 0 Å². The van der Waals surface area contributed by atoms with Crippen molar-refractivity contribution in [3.8, 4) is 11.5 Å². The molecule has 3 aromatic rings. The molecule has 0 spiro atoms. The number of hydrogen-bond acceptors (Lipinski definition) is 7. The number of aliphatic carboxylic acids is 1. The van der Waals surface area contributed by atoms with Crippen molar-refractivity contribution in [1.29, 1.82) is 0 Å². The first-order valence-corrected chi connectivity index (χ1v) is 9.89. The Hall–Kier alpha value is -3.49. The summed E-state index contributed by atoms with van der Waals surface area (Å²) in [5.74, 6) is 0.947. The van der Waals surface area contributed by atoms with Gasteiger partial charge in [0.2, 0.25) is 5.95 Å². The summed E-state index contributed by atoms with van der Waals surface area (Å²) in [6.07, 6.45) is 5.27. The summed E-state index contributed by atoms with van der Waals surface area (Å²) in [6, 6.07) is 7.17. The quantitative estimate of drug-likeness (QED) is 0.410. The molecule has 0 aliphatic carbocycles. The van der Waals surface area contributed by atoms with Crippen LogP contribution in [0, 0.1) is 0 Å². The lowest BCUT2D eigenvalue weighted by Gasteiger charge is -2.14. The zero-order chi connectivity index (χ0) is 21.5. The molecular weight excluding hydrogens is 386 g/mol. The van der Waals surface area contributed by atoms with E-state index in [1.807, 2.05) is 22.9 Å². The third kappa shape index (κ3) is 5.11. The first kappa shape index (κ1) is 21.2. The number of ether oxygens (including phenoxy) is 2. The number of unbranched alkanes of at least 4 members (excludes halogenated alkanes) is 2. The van der Waals surface area contributed by atoms with E-state index in [1.54, 1.807) is 19.2 Å². The van der Waals surface area contributed by atoms with Gasteiger partial charge >= 0.3 is 5.97 Å². The molecular formula is C21H27N5O4.